The largest absolute Gasteiger partial charge is 0.490 e. The van der Waals surface area contributed by atoms with Crippen LogP contribution in [0.25, 0.3) is 11.1 Å². The minimum absolute atomic E-state index is 0.230. The molecule has 39 heavy (non-hydrogen) atoms. The second-order valence-electron chi connectivity index (χ2n) is 11.1. The third-order valence-corrected chi connectivity index (χ3v) is 7.81. The fourth-order valence-corrected chi connectivity index (χ4v) is 5.55. The predicted octanol–water partition coefficient (Wildman–Crippen LogP) is 8.69. The number of carbonyl (C=O) groups is 1. The van der Waals surface area contributed by atoms with Gasteiger partial charge in [-0.2, -0.15) is 0 Å². The van der Waals surface area contributed by atoms with E-state index in [1.165, 1.54) is 64.2 Å². The Hall–Kier alpha value is -3.15. The molecule has 210 valence electrons. The quantitative estimate of drug-likeness (QED) is 0.200. The number of carbonyl (C=O) groups excluding carboxylic acids is 1. The Bertz CT molecular complexity index is 1120. The lowest BCUT2D eigenvalue weighted by Gasteiger charge is -2.20. The molecule has 1 unspecified atom stereocenters. The van der Waals surface area contributed by atoms with Crippen LogP contribution in [0.1, 0.15) is 108 Å². The number of amides is 1. The van der Waals surface area contributed by atoms with Crippen molar-refractivity contribution in [1.29, 1.82) is 0 Å². The van der Waals surface area contributed by atoms with Crippen molar-refractivity contribution in [3.63, 3.8) is 0 Å². The van der Waals surface area contributed by atoms with Crippen LogP contribution in [0.2, 0.25) is 0 Å². The van der Waals surface area contributed by atoms with E-state index in [0.29, 0.717) is 17.7 Å². The Morgan fingerprint density at radius 3 is 2.28 bits per heavy atom. The zero-order valence-corrected chi connectivity index (χ0v) is 23.9. The van der Waals surface area contributed by atoms with Gasteiger partial charge in [0.05, 0.1) is 12.3 Å². The second-order valence-corrected chi connectivity index (χ2v) is 11.1. The average Bonchev–Trinajstić information content (AvgIpc) is 3.43. The van der Waals surface area contributed by atoms with Gasteiger partial charge in [-0.3, -0.25) is 9.48 Å². The van der Waals surface area contributed by atoms with Gasteiger partial charge in [0, 0.05) is 12.2 Å². The monoisotopic (exact) mass is 530 g/mol. The van der Waals surface area contributed by atoms with Crippen molar-refractivity contribution in [1.82, 2.24) is 15.0 Å². The van der Waals surface area contributed by atoms with Crippen LogP contribution >= 0.6 is 0 Å². The highest BCUT2D eigenvalue weighted by molar-refractivity contribution is 6.02. The van der Waals surface area contributed by atoms with E-state index in [1.54, 1.807) is 6.20 Å². The molecule has 1 aromatic heterocycles. The van der Waals surface area contributed by atoms with Gasteiger partial charge in [-0.15, -0.1) is 5.10 Å². The molecule has 3 aromatic rings. The van der Waals surface area contributed by atoms with E-state index < -0.39 is 0 Å². The van der Waals surface area contributed by atoms with Gasteiger partial charge in [0.1, 0.15) is 5.75 Å². The maximum absolute atomic E-state index is 12.7. The molecule has 0 spiro atoms. The minimum Gasteiger partial charge on any atom is -0.490 e. The smallest absolute Gasteiger partial charge is 0.277 e. The van der Waals surface area contributed by atoms with E-state index in [1.807, 2.05) is 28.9 Å². The van der Waals surface area contributed by atoms with Crippen molar-refractivity contribution >= 4 is 11.6 Å². The molecule has 6 heteroatoms. The summed E-state index contributed by atoms with van der Waals surface area (Å²) in [7, 11) is 0. The Morgan fingerprint density at radius 1 is 0.897 bits per heavy atom. The molecular weight excluding hydrogens is 484 g/mol. The van der Waals surface area contributed by atoms with Gasteiger partial charge in [-0.05, 0) is 73.4 Å². The van der Waals surface area contributed by atoms with Gasteiger partial charge >= 0.3 is 0 Å². The van der Waals surface area contributed by atoms with Crippen LogP contribution in [-0.2, 0) is 6.54 Å². The fraction of sp³-hybridized carbons (Fsp3) is 0.545. The van der Waals surface area contributed by atoms with Crippen molar-refractivity contribution in [2.75, 3.05) is 5.32 Å². The summed E-state index contributed by atoms with van der Waals surface area (Å²) in [5, 5.41) is 11.2. The summed E-state index contributed by atoms with van der Waals surface area (Å²) >= 11 is 0. The molecule has 1 fully saturated rings. The molecule has 1 atom stereocenters. The summed E-state index contributed by atoms with van der Waals surface area (Å²) in [6.45, 7) is 5.33. The number of hydrogen-bond donors (Lipinski definition) is 1. The minimum atomic E-state index is -0.230. The molecule has 1 saturated carbocycles. The predicted molar refractivity (Wildman–Crippen MR) is 159 cm³/mol. The number of hydrogen-bond acceptors (Lipinski definition) is 4. The first kappa shape index (κ1) is 28.8. The molecule has 0 aliphatic heterocycles. The van der Waals surface area contributed by atoms with E-state index in [0.717, 1.165) is 48.4 Å². The second kappa shape index (κ2) is 15.4. The van der Waals surface area contributed by atoms with Crippen LogP contribution < -0.4 is 10.1 Å². The summed E-state index contributed by atoms with van der Waals surface area (Å²) in [4.78, 5) is 12.7. The topological polar surface area (TPSA) is 69.0 Å². The van der Waals surface area contributed by atoms with Crippen molar-refractivity contribution in [2.24, 2.45) is 5.92 Å². The standard InChI is InChI=1S/C33H46N4O2/c1-3-5-6-7-11-15-30(12-4-2)39-31-22-18-28(19-23-31)27-16-20-29(21-17-27)34-33(38)32-25-37(36-35-32)24-26-13-9-8-10-14-26/h16-23,25-26,30H,3-15,24H2,1-2H3,(H,34,38). The van der Waals surface area contributed by atoms with Crippen molar-refractivity contribution in [3.8, 4) is 16.9 Å². The van der Waals surface area contributed by atoms with Gasteiger partial charge in [-0.25, -0.2) is 0 Å². The lowest BCUT2D eigenvalue weighted by molar-refractivity contribution is 0.102. The average molecular weight is 531 g/mol. The molecule has 4 rings (SSSR count). The molecule has 2 aromatic carbocycles. The molecule has 0 bridgehead atoms. The normalized spacial score (nSPS) is 14.7. The highest BCUT2D eigenvalue weighted by Crippen LogP contribution is 2.27. The van der Waals surface area contributed by atoms with E-state index in [4.69, 9.17) is 4.74 Å². The van der Waals surface area contributed by atoms with Gasteiger partial charge in [0.25, 0.3) is 5.91 Å². The Kier molecular flexibility index (Phi) is 11.4. The number of unbranched alkanes of at least 4 members (excludes halogenated alkanes) is 4. The summed E-state index contributed by atoms with van der Waals surface area (Å²) < 4.78 is 8.16. The number of nitrogens with one attached hydrogen (secondary N) is 1. The highest BCUT2D eigenvalue weighted by atomic mass is 16.5. The summed E-state index contributed by atoms with van der Waals surface area (Å²) in [6, 6.07) is 16.3. The zero-order valence-electron chi connectivity index (χ0n) is 23.9. The number of benzene rings is 2. The zero-order chi connectivity index (χ0) is 27.3. The van der Waals surface area contributed by atoms with Crippen LogP contribution in [0, 0.1) is 5.92 Å². The number of anilines is 1. The van der Waals surface area contributed by atoms with Crippen molar-refractivity contribution in [3.05, 3.63) is 60.4 Å². The van der Waals surface area contributed by atoms with Gasteiger partial charge in [-0.1, -0.05) is 94.7 Å². The number of rotatable bonds is 15. The number of ether oxygens (including phenoxy) is 1. The van der Waals surface area contributed by atoms with Crippen LogP contribution in [0.5, 0.6) is 5.75 Å². The third kappa shape index (κ3) is 9.22. The molecule has 1 aliphatic carbocycles. The van der Waals surface area contributed by atoms with E-state index >= 15 is 0 Å². The molecule has 0 radical (unpaired) electrons. The van der Waals surface area contributed by atoms with Crippen LogP contribution in [0.15, 0.2) is 54.7 Å². The van der Waals surface area contributed by atoms with E-state index in [9.17, 15) is 4.79 Å². The van der Waals surface area contributed by atoms with Crippen LogP contribution in [0.3, 0.4) is 0 Å². The number of aromatic nitrogens is 3. The fourth-order valence-electron chi connectivity index (χ4n) is 5.55. The summed E-state index contributed by atoms with van der Waals surface area (Å²) in [5.41, 5.74) is 3.32. The summed E-state index contributed by atoms with van der Waals surface area (Å²) in [6.07, 6.45) is 18.3. The van der Waals surface area contributed by atoms with Crippen LogP contribution in [0.4, 0.5) is 5.69 Å². The maximum atomic E-state index is 12.7. The first-order valence-corrected chi connectivity index (χ1v) is 15.2. The summed E-state index contributed by atoms with van der Waals surface area (Å²) in [5.74, 6) is 1.35. The molecule has 1 amide bonds. The molecular formula is C33H46N4O2. The Morgan fingerprint density at radius 2 is 1.59 bits per heavy atom. The lowest BCUT2D eigenvalue weighted by Crippen LogP contribution is -2.16. The van der Waals surface area contributed by atoms with Crippen molar-refractivity contribution < 1.29 is 9.53 Å². The Labute approximate surface area is 234 Å². The molecule has 1 heterocycles. The van der Waals surface area contributed by atoms with Gasteiger partial charge in [0.2, 0.25) is 0 Å². The van der Waals surface area contributed by atoms with Gasteiger partial charge in [0.15, 0.2) is 5.69 Å². The highest BCUT2D eigenvalue weighted by Gasteiger charge is 2.17. The van der Waals surface area contributed by atoms with E-state index in [2.05, 4.69) is 53.7 Å². The molecule has 1 aliphatic rings. The van der Waals surface area contributed by atoms with E-state index in [-0.39, 0.29) is 5.91 Å². The first-order valence-electron chi connectivity index (χ1n) is 15.2. The van der Waals surface area contributed by atoms with Crippen LogP contribution in [-0.4, -0.2) is 27.0 Å². The van der Waals surface area contributed by atoms with Crippen molar-refractivity contribution in [2.45, 2.75) is 110 Å². The van der Waals surface area contributed by atoms with Gasteiger partial charge < -0.3 is 10.1 Å². The molecule has 6 nitrogen and oxygen atoms in total. The Balaban J connectivity index is 1.27. The number of nitrogens with zero attached hydrogens (tertiary/aromatic N) is 3. The lowest BCUT2D eigenvalue weighted by atomic mass is 9.89. The maximum Gasteiger partial charge on any atom is 0.277 e. The SMILES string of the molecule is CCCCCCCC(CCC)Oc1ccc(-c2ccc(NC(=O)c3cn(CC4CCCCC4)nn3)cc2)cc1. The first-order chi connectivity index (χ1) is 19.1. The third-order valence-electron chi connectivity index (χ3n) is 7.81. The molecule has 1 N–H and O–H groups in total. The molecule has 0 saturated heterocycles.